The van der Waals surface area contributed by atoms with E-state index in [2.05, 4.69) is 12.2 Å². The van der Waals surface area contributed by atoms with Gasteiger partial charge in [-0.25, -0.2) is 9.18 Å². The molecule has 0 radical (unpaired) electrons. The molecule has 2 aliphatic rings. The second kappa shape index (κ2) is 8.14. The van der Waals surface area contributed by atoms with E-state index in [0.717, 1.165) is 55.3 Å². The molecule has 4 rings (SSSR count). The number of hydrogen-bond acceptors (Lipinski definition) is 5. The van der Waals surface area contributed by atoms with Gasteiger partial charge < -0.3 is 15.0 Å². The van der Waals surface area contributed by atoms with Gasteiger partial charge in [-0.05, 0) is 74.8 Å². The molecule has 0 fully saturated rings. The topological polar surface area (TPSA) is 58.6 Å². The maximum atomic E-state index is 13.6. The number of amides is 1. The van der Waals surface area contributed by atoms with Gasteiger partial charge in [-0.3, -0.25) is 4.79 Å². The fraction of sp³-hybridized carbons (Fsp3) is 0.455. The molecule has 5 nitrogen and oxygen atoms in total. The lowest BCUT2D eigenvalue weighted by Gasteiger charge is -2.36. The van der Waals surface area contributed by atoms with Crippen molar-refractivity contribution in [1.82, 2.24) is 0 Å². The molecule has 154 valence electrons. The average molecular weight is 417 g/mol. The predicted molar refractivity (Wildman–Crippen MR) is 112 cm³/mol. The highest BCUT2D eigenvalue weighted by molar-refractivity contribution is 7.17. The fourth-order valence-corrected chi connectivity index (χ4v) is 5.62. The number of methoxy groups -OCH3 is 1. The lowest BCUT2D eigenvalue weighted by Crippen LogP contribution is -2.42. The maximum Gasteiger partial charge on any atom is 0.341 e. The normalized spacial score (nSPS) is 18.0. The summed E-state index contributed by atoms with van der Waals surface area (Å²) in [6, 6.07) is 4.91. The van der Waals surface area contributed by atoms with Crippen molar-refractivity contribution in [2.75, 3.05) is 23.9 Å². The Bertz CT molecular complexity index is 956. The molecule has 29 heavy (non-hydrogen) atoms. The van der Waals surface area contributed by atoms with Gasteiger partial charge in [0.25, 0.3) is 0 Å². The Labute approximate surface area is 173 Å². The number of fused-ring (bicyclic) bond motifs is 2. The third-order valence-corrected chi connectivity index (χ3v) is 7.05. The molecular weight excluding hydrogens is 391 g/mol. The van der Waals surface area contributed by atoms with Crippen molar-refractivity contribution >= 4 is 33.9 Å². The molecule has 1 aliphatic carbocycles. The van der Waals surface area contributed by atoms with Crippen LogP contribution in [-0.2, 0) is 28.8 Å². The average Bonchev–Trinajstić information content (AvgIpc) is 3.07. The van der Waals surface area contributed by atoms with Gasteiger partial charge in [0.2, 0.25) is 5.91 Å². The van der Waals surface area contributed by atoms with Gasteiger partial charge >= 0.3 is 5.97 Å². The summed E-state index contributed by atoms with van der Waals surface area (Å²) >= 11 is 1.48. The van der Waals surface area contributed by atoms with Gasteiger partial charge in [0.15, 0.2) is 0 Å². The summed E-state index contributed by atoms with van der Waals surface area (Å²) in [6.07, 6.45) is 5.58. The van der Waals surface area contributed by atoms with Crippen LogP contribution in [0.4, 0.5) is 15.1 Å². The van der Waals surface area contributed by atoms with E-state index in [1.807, 2.05) is 4.90 Å². The minimum Gasteiger partial charge on any atom is -0.465 e. The van der Waals surface area contributed by atoms with E-state index < -0.39 is 5.97 Å². The van der Waals surface area contributed by atoms with Gasteiger partial charge in [-0.1, -0.05) is 0 Å². The Morgan fingerprint density at radius 1 is 1.28 bits per heavy atom. The largest absolute Gasteiger partial charge is 0.465 e. The Hall–Kier alpha value is -2.41. The quantitative estimate of drug-likeness (QED) is 0.754. The van der Waals surface area contributed by atoms with E-state index in [-0.39, 0.29) is 24.3 Å². The number of nitrogens with zero attached hydrogens (tertiary/aromatic N) is 1. The van der Waals surface area contributed by atoms with E-state index in [0.29, 0.717) is 10.6 Å². The highest BCUT2D eigenvalue weighted by atomic mass is 32.1. The lowest BCUT2D eigenvalue weighted by molar-refractivity contribution is -0.115. The molecule has 7 heteroatoms. The standard InChI is InChI=1S/C22H25FN2O3S/c1-13-7-8-14-11-15(23)9-10-17(14)25(13)12-19(26)24-21-20(22(27)28-2)16-5-3-4-6-18(16)29-21/h9-11,13H,3-8,12H2,1-2H3,(H,24,26). The molecule has 1 aliphatic heterocycles. The molecule has 0 saturated heterocycles. The number of benzene rings is 1. The van der Waals surface area contributed by atoms with Crippen LogP contribution in [0.15, 0.2) is 18.2 Å². The van der Waals surface area contributed by atoms with Gasteiger partial charge in [0.1, 0.15) is 10.8 Å². The number of esters is 1. The van der Waals surface area contributed by atoms with Crippen molar-refractivity contribution in [2.24, 2.45) is 0 Å². The molecule has 1 aromatic heterocycles. The number of halogens is 1. The van der Waals surface area contributed by atoms with Crippen molar-refractivity contribution < 1.29 is 18.7 Å². The minimum absolute atomic E-state index is 0.156. The van der Waals surface area contributed by atoms with Crippen LogP contribution in [0.2, 0.25) is 0 Å². The molecule has 1 amide bonds. The SMILES string of the molecule is COC(=O)c1c(NC(=O)CN2c3ccc(F)cc3CCC2C)sc2c1CCCC2. The number of rotatable bonds is 4. The number of ether oxygens (including phenoxy) is 1. The maximum absolute atomic E-state index is 13.6. The predicted octanol–water partition coefficient (Wildman–Crippen LogP) is 4.33. The van der Waals surface area contributed by atoms with Crippen LogP contribution in [0.25, 0.3) is 0 Å². The second-order valence-electron chi connectivity index (χ2n) is 7.74. The summed E-state index contributed by atoms with van der Waals surface area (Å²) in [6.45, 7) is 2.23. The van der Waals surface area contributed by atoms with E-state index in [9.17, 15) is 14.0 Å². The van der Waals surface area contributed by atoms with Crippen molar-refractivity contribution in [3.63, 3.8) is 0 Å². The summed E-state index contributed by atoms with van der Waals surface area (Å²) in [5, 5.41) is 3.54. The number of hydrogen-bond donors (Lipinski definition) is 1. The molecule has 0 bridgehead atoms. The molecule has 1 aromatic carbocycles. The van der Waals surface area contributed by atoms with Gasteiger partial charge in [-0.2, -0.15) is 0 Å². The Kier molecular flexibility index (Phi) is 5.58. The van der Waals surface area contributed by atoms with Crippen LogP contribution >= 0.6 is 11.3 Å². The Balaban J connectivity index is 1.57. The monoisotopic (exact) mass is 416 g/mol. The van der Waals surface area contributed by atoms with Crippen molar-refractivity contribution in [2.45, 2.75) is 51.5 Å². The molecule has 2 heterocycles. The highest BCUT2D eigenvalue weighted by Crippen LogP contribution is 2.39. The van der Waals surface area contributed by atoms with E-state index in [1.54, 1.807) is 12.1 Å². The Morgan fingerprint density at radius 3 is 2.86 bits per heavy atom. The van der Waals surface area contributed by atoms with Crippen LogP contribution in [-0.4, -0.2) is 31.6 Å². The molecule has 2 aromatic rings. The third kappa shape index (κ3) is 3.88. The number of carbonyl (C=O) groups is 2. The van der Waals surface area contributed by atoms with Crippen LogP contribution < -0.4 is 10.2 Å². The number of aryl methyl sites for hydroxylation is 2. The van der Waals surface area contributed by atoms with Crippen molar-refractivity contribution in [3.05, 3.63) is 45.6 Å². The first kappa shape index (κ1) is 19.9. The van der Waals surface area contributed by atoms with Crippen LogP contribution in [0.3, 0.4) is 0 Å². The molecular formula is C22H25FN2O3S. The summed E-state index contributed by atoms with van der Waals surface area (Å²) in [5.74, 6) is -0.834. The number of nitrogens with one attached hydrogen (secondary N) is 1. The first-order valence-electron chi connectivity index (χ1n) is 10.1. The summed E-state index contributed by atoms with van der Waals surface area (Å²) in [5.41, 5.74) is 3.36. The first-order valence-corrected chi connectivity index (χ1v) is 10.9. The van der Waals surface area contributed by atoms with Crippen LogP contribution in [0, 0.1) is 5.82 Å². The van der Waals surface area contributed by atoms with Gasteiger partial charge in [0, 0.05) is 16.6 Å². The fourth-order valence-electron chi connectivity index (χ4n) is 4.33. The zero-order valence-electron chi connectivity index (χ0n) is 16.7. The number of thiophene rings is 1. The highest BCUT2D eigenvalue weighted by Gasteiger charge is 2.29. The summed E-state index contributed by atoms with van der Waals surface area (Å²) in [4.78, 5) is 28.5. The van der Waals surface area contributed by atoms with Gasteiger partial charge in [0.05, 0.1) is 19.2 Å². The number of carbonyl (C=O) groups excluding carboxylic acids is 2. The van der Waals surface area contributed by atoms with E-state index >= 15 is 0 Å². The van der Waals surface area contributed by atoms with Crippen LogP contribution in [0.1, 0.15) is 52.5 Å². The van der Waals surface area contributed by atoms with Crippen LogP contribution in [0.5, 0.6) is 0 Å². The molecule has 1 unspecified atom stereocenters. The van der Waals surface area contributed by atoms with E-state index in [1.165, 1.54) is 29.4 Å². The minimum atomic E-state index is -0.396. The summed E-state index contributed by atoms with van der Waals surface area (Å²) < 4.78 is 18.6. The van der Waals surface area contributed by atoms with Crippen molar-refractivity contribution in [3.8, 4) is 0 Å². The summed E-state index contributed by atoms with van der Waals surface area (Å²) in [7, 11) is 1.37. The third-order valence-electron chi connectivity index (χ3n) is 5.84. The van der Waals surface area contributed by atoms with Gasteiger partial charge in [-0.15, -0.1) is 11.3 Å². The first-order chi connectivity index (χ1) is 14.0. The zero-order valence-corrected chi connectivity index (χ0v) is 17.5. The number of anilines is 2. The van der Waals surface area contributed by atoms with E-state index in [4.69, 9.17) is 4.74 Å². The molecule has 1 N–H and O–H groups in total. The Morgan fingerprint density at radius 2 is 2.07 bits per heavy atom. The zero-order chi connectivity index (χ0) is 20.5. The lowest BCUT2D eigenvalue weighted by atomic mass is 9.95. The molecule has 0 spiro atoms. The smallest absolute Gasteiger partial charge is 0.341 e. The van der Waals surface area contributed by atoms with Crippen molar-refractivity contribution in [1.29, 1.82) is 0 Å². The molecule has 0 saturated carbocycles. The second-order valence-corrected chi connectivity index (χ2v) is 8.85. The molecule has 1 atom stereocenters.